The number of Topliss-reactive ketones (excluding diaryl/α,β-unsaturated/α-hetero) is 1. The van der Waals surface area contributed by atoms with Crippen LogP contribution in [0.1, 0.15) is 65.2 Å². The van der Waals surface area contributed by atoms with E-state index in [0.29, 0.717) is 0 Å². The molecule has 2 nitrogen and oxygen atoms in total. The summed E-state index contributed by atoms with van der Waals surface area (Å²) in [5.74, 6) is 0.135. The first-order valence-corrected chi connectivity index (χ1v) is 7.15. The van der Waals surface area contributed by atoms with Gasteiger partial charge in [0.05, 0.1) is 11.2 Å². The Kier molecular flexibility index (Phi) is 5.53. The van der Waals surface area contributed by atoms with Gasteiger partial charge in [0, 0.05) is 0 Å². The van der Waals surface area contributed by atoms with E-state index in [1.54, 1.807) is 0 Å². The summed E-state index contributed by atoms with van der Waals surface area (Å²) >= 11 is 1.26. The van der Waals surface area contributed by atoms with Crippen molar-refractivity contribution in [2.75, 3.05) is 0 Å². The van der Waals surface area contributed by atoms with Crippen LogP contribution in [0.4, 0.5) is 0 Å². The highest BCUT2D eigenvalue weighted by Crippen LogP contribution is 2.40. The van der Waals surface area contributed by atoms with E-state index in [0.717, 1.165) is 12.8 Å². The van der Waals surface area contributed by atoms with Crippen molar-refractivity contribution < 1.29 is 9.59 Å². The molecule has 1 heterocycles. The van der Waals surface area contributed by atoms with Crippen LogP contribution in [-0.2, 0) is 9.59 Å². The molecule has 1 rings (SSSR count). The molecule has 0 spiro atoms. The van der Waals surface area contributed by atoms with Crippen molar-refractivity contribution in [3.63, 3.8) is 0 Å². The zero-order valence-corrected chi connectivity index (χ0v) is 11.2. The van der Waals surface area contributed by atoms with E-state index in [-0.39, 0.29) is 17.3 Å². The Bertz CT molecular complexity index is 263. The number of rotatable bonds is 7. The number of carbonyl (C=O) groups is 2. The largest absolute Gasteiger partial charge is 0.298 e. The van der Waals surface area contributed by atoms with Crippen LogP contribution in [-0.4, -0.2) is 15.6 Å². The van der Waals surface area contributed by atoms with Crippen molar-refractivity contribution in [3.05, 3.63) is 0 Å². The minimum atomic E-state index is -0.401. The highest BCUT2D eigenvalue weighted by molar-refractivity contribution is 8.16. The van der Waals surface area contributed by atoms with Crippen LogP contribution in [0.5, 0.6) is 0 Å². The predicted molar refractivity (Wildman–Crippen MR) is 68.6 cm³/mol. The molecular weight excluding hydrogens is 220 g/mol. The summed E-state index contributed by atoms with van der Waals surface area (Å²) < 4.78 is -0.401. The number of carbonyl (C=O) groups excluding carboxylic acids is 2. The highest BCUT2D eigenvalue weighted by atomic mass is 32.2. The first kappa shape index (κ1) is 13.8. The number of hydrogen-bond donors (Lipinski definition) is 0. The van der Waals surface area contributed by atoms with E-state index >= 15 is 0 Å². The average molecular weight is 242 g/mol. The van der Waals surface area contributed by atoms with E-state index in [1.165, 1.54) is 43.9 Å². The molecule has 92 valence electrons. The van der Waals surface area contributed by atoms with Crippen LogP contribution in [0, 0.1) is 0 Å². The first-order chi connectivity index (χ1) is 7.58. The van der Waals surface area contributed by atoms with Crippen molar-refractivity contribution in [2.45, 2.75) is 70.0 Å². The molecule has 0 bridgehead atoms. The fourth-order valence-corrected chi connectivity index (χ4v) is 3.23. The predicted octanol–water partition coefficient (Wildman–Crippen LogP) is 3.73. The third kappa shape index (κ3) is 3.93. The fourth-order valence-electron chi connectivity index (χ4n) is 2.10. The molecule has 16 heavy (non-hydrogen) atoms. The van der Waals surface area contributed by atoms with Gasteiger partial charge in [-0.1, -0.05) is 57.2 Å². The molecular formula is C13H22O2S. The van der Waals surface area contributed by atoms with Crippen LogP contribution in [0.3, 0.4) is 0 Å². The van der Waals surface area contributed by atoms with E-state index in [9.17, 15) is 9.59 Å². The van der Waals surface area contributed by atoms with Gasteiger partial charge in [0.1, 0.15) is 0 Å². The van der Waals surface area contributed by atoms with Crippen molar-refractivity contribution in [3.8, 4) is 0 Å². The SMILES string of the molecule is CCCCCCCC[C@@]1(C)SC(=O)CC1=O. The summed E-state index contributed by atoms with van der Waals surface area (Å²) in [6.07, 6.45) is 8.42. The van der Waals surface area contributed by atoms with Crippen LogP contribution in [0.15, 0.2) is 0 Å². The quantitative estimate of drug-likeness (QED) is 0.504. The van der Waals surface area contributed by atoms with Gasteiger partial charge in [0.2, 0.25) is 0 Å². The molecule has 0 aromatic carbocycles. The number of hydrogen-bond acceptors (Lipinski definition) is 3. The Balaban J connectivity index is 2.17. The summed E-state index contributed by atoms with van der Waals surface area (Å²) in [4.78, 5) is 22.8. The third-order valence-corrected chi connectivity index (χ3v) is 4.50. The maximum Gasteiger partial charge on any atom is 0.197 e. The fraction of sp³-hybridized carbons (Fsp3) is 0.846. The van der Waals surface area contributed by atoms with E-state index in [1.807, 2.05) is 6.92 Å². The second-order valence-electron chi connectivity index (χ2n) is 4.82. The second kappa shape index (κ2) is 6.43. The molecule has 1 aliphatic rings. The molecule has 0 unspecified atom stereocenters. The lowest BCUT2D eigenvalue weighted by atomic mass is 9.96. The van der Waals surface area contributed by atoms with Gasteiger partial charge >= 0.3 is 0 Å². The summed E-state index contributed by atoms with van der Waals surface area (Å²) in [7, 11) is 0. The van der Waals surface area contributed by atoms with Gasteiger partial charge in [-0.15, -0.1) is 0 Å². The number of ketones is 1. The highest BCUT2D eigenvalue weighted by Gasteiger charge is 2.42. The van der Waals surface area contributed by atoms with Crippen molar-refractivity contribution in [1.82, 2.24) is 0 Å². The van der Waals surface area contributed by atoms with Crippen molar-refractivity contribution in [2.24, 2.45) is 0 Å². The van der Waals surface area contributed by atoms with Gasteiger partial charge in [-0.3, -0.25) is 9.59 Å². The Hall–Kier alpha value is -0.310. The molecule has 1 fully saturated rings. The summed E-state index contributed by atoms with van der Waals surface area (Å²) in [5.41, 5.74) is 0. The zero-order valence-electron chi connectivity index (χ0n) is 10.4. The van der Waals surface area contributed by atoms with Gasteiger partial charge in [0.15, 0.2) is 10.9 Å². The van der Waals surface area contributed by atoms with Crippen LogP contribution in [0.25, 0.3) is 0 Å². The van der Waals surface area contributed by atoms with Crippen LogP contribution in [0.2, 0.25) is 0 Å². The molecule has 1 atom stereocenters. The van der Waals surface area contributed by atoms with Crippen LogP contribution < -0.4 is 0 Å². The minimum Gasteiger partial charge on any atom is -0.298 e. The molecule has 0 saturated carbocycles. The smallest absolute Gasteiger partial charge is 0.197 e. The number of unbranched alkanes of at least 4 members (excludes halogenated alkanes) is 5. The van der Waals surface area contributed by atoms with Crippen molar-refractivity contribution in [1.29, 1.82) is 0 Å². The van der Waals surface area contributed by atoms with Gasteiger partial charge in [-0.05, 0) is 13.3 Å². The summed E-state index contributed by atoms with van der Waals surface area (Å²) in [6.45, 7) is 4.14. The molecule has 1 saturated heterocycles. The van der Waals surface area contributed by atoms with Gasteiger partial charge < -0.3 is 0 Å². The van der Waals surface area contributed by atoms with E-state index in [4.69, 9.17) is 0 Å². The second-order valence-corrected chi connectivity index (χ2v) is 6.38. The van der Waals surface area contributed by atoms with Gasteiger partial charge in [-0.25, -0.2) is 0 Å². The molecule has 0 N–H and O–H groups in total. The third-order valence-electron chi connectivity index (χ3n) is 3.24. The standard InChI is InChI=1S/C13H22O2S/c1-3-4-5-6-7-8-9-13(2)11(14)10-12(15)16-13/h3-10H2,1-2H3/t13-/m1/s1. The maximum atomic E-state index is 11.6. The monoisotopic (exact) mass is 242 g/mol. The maximum absolute atomic E-state index is 11.6. The Morgan fingerprint density at radius 2 is 1.75 bits per heavy atom. The lowest BCUT2D eigenvalue weighted by Gasteiger charge is -2.19. The molecule has 0 aromatic heterocycles. The molecule has 0 aliphatic carbocycles. The van der Waals surface area contributed by atoms with Gasteiger partial charge in [-0.2, -0.15) is 0 Å². The summed E-state index contributed by atoms with van der Waals surface area (Å²) in [5, 5.41) is 0.0542. The van der Waals surface area contributed by atoms with E-state index < -0.39 is 4.75 Å². The molecule has 0 radical (unpaired) electrons. The molecule has 0 aromatic rings. The Morgan fingerprint density at radius 1 is 1.12 bits per heavy atom. The Labute approximate surface area is 103 Å². The molecule has 0 amide bonds. The van der Waals surface area contributed by atoms with Gasteiger partial charge in [0.25, 0.3) is 0 Å². The first-order valence-electron chi connectivity index (χ1n) is 6.33. The lowest BCUT2D eigenvalue weighted by Crippen LogP contribution is -2.26. The minimum absolute atomic E-state index is 0.0542. The normalized spacial score (nSPS) is 25.4. The Morgan fingerprint density at radius 3 is 2.31 bits per heavy atom. The van der Waals surface area contributed by atoms with E-state index in [2.05, 4.69) is 6.92 Å². The average Bonchev–Trinajstić information content (AvgIpc) is 2.47. The topological polar surface area (TPSA) is 34.1 Å². The molecule has 1 aliphatic heterocycles. The number of thioether (sulfide) groups is 1. The summed E-state index contributed by atoms with van der Waals surface area (Å²) in [6, 6.07) is 0. The lowest BCUT2D eigenvalue weighted by molar-refractivity contribution is -0.123. The van der Waals surface area contributed by atoms with Crippen LogP contribution >= 0.6 is 11.8 Å². The van der Waals surface area contributed by atoms with Crippen molar-refractivity contribution >= 4 is 22.7 Å². The molecule has 3 heteroatoms. The zero-order chi connectivity index (χ0) is 12.0.